The molecule has 0 spiro atoms. The minimum Gasteiger partial charge on any atom is -0.338 e. The highest BCUT2D eigenvalue weighted by atomic mass is 35.5. The van der Waals surface area contributed by atoms with E-state index in [2.05, 4.69) is 10.2 Å². The van der Waals surface area contributed by atoms with Crippen molar-refractivity contribution in [1.82, 2.24) is 24.6 Å². The number of nitrogens with zero attached hydrogens (tertiary/aromatic N) is 5. The molecule has 0 aliphatic rings. The minimum absolute atomic E-state index is 0.0180. The highest BCUT2D eigenvalue weighted by Gasteiger charge is 2.23. The fraction of sp³-hybridized carbons (Fsp3) is 0.348. The molecule has 1 heterocycles. The first kappa shape index (κ1) is 24.2. The second kappa shape index (κ2) is 10.5. The number of hydrogen-bond acceptors (Lipinski definition) is 5. The summed E-state index contributed by atoms with van der Waals surface area (Å²) in [6.45, 7) is 3.97. The van der Waals surface area contributed by atoms with Gasteiger partial charge in [0.2, 0.25) is 5.91 Å². The molecule has 0 N–H and O–H groups in total. The number of rotatable bonds is 8. The lowest BCUT2D eigenvalue weighted by molar-refractivity contribution is -0.128. The van der Waals surface area contributed by atoms with Crippen LogP contribution in [0.15, 0.2) is 53.7 Å². The van der Waals surface area contributed by atoms with Crippen LogP contribution in [0, 0.1) is 5.82 Å². The van der Waals surface area contributed by atoms with Crippen molar-refractivity contribution >= 4 is 29.3 Å². The maximum absolute atomic E-state index is 13.2. The summed E-state index contributed by atoms with van der Waals surface area (Å²) in [6.07, 6.45) is 0. The van der Waals surface area contributed by atoms with Crippen LogP contribution in [0.4, 0.5) is 4.39 Å². The van der Waals surface area contributed by atoms with E-state index in [0.717, 1.165) is 17.1 Å². The topological polar surface area (TPSA) is 54.3 Å². The summed E-state index contributed by atoms with van der Waals surface area (Å²) >= 11 is 7.40. The maximum Gasteiger partial charge on any atom is 0.233 e. The smallest absolute Gasteiger partial charge is 0.233 e. The molecule has 0 radical (unpaired) electrons. The Labute approximate surface area is 197 Å². The van der Waals surface area contributed by atoms with Gasteiger partial charge in [0, 0.05) is 17.8 Å². The molecule has 0 saturated carbocycles. The standard InChI is InChI=1S/C23H27ClFN5OS/c1-15(17-6-10-19(25)11-7-17)29(5)21(31)14-32-23-27-26-22(16(2)28(3)4)30(23)20-12-8-18(24)9-13-20/h6-13,15-16H,14H2,1-5H3. The SMILES string of the molecule is CC(c1nnc(SCC(=O)N(C)C(C)c2ccc(F)cc2)n1-c1ccc(Cl)cc1)N(C)C. The average molecular weight is 476 g/mol. The molecular formula is C23H27ClFN5OS. The third-order valence-corrected chi connectivity index (χ3v) is 6.71. The van der Waals surface area contributed by atoms with E-state index in [1.807, 2.05) is 61.7 Å². The third-order valence-electron chi connectivity index (χ3n) is 5.54. The lowest BCUT2D eigenvalue weighted by Gasteiger charge is -2.25. The fourth-order valence-electron chi connectivity index (χ4n) is 3.12. The van der Waals surface area contributed by atoms with Crippen LogP contribution in [0.2, 0.25) is 5.02 Å². The van der Waals surface area contributed by atoms with Gasteiger partial charge in [0.25, 0.3) is 0 Å². The van der Waals surface area contributed by atoms with Crippen molar-refractivity contribution in [3.8, 4) is 5.69 Å². The van der Waals surface area contributed by atoms with E-state index in [1.54, 1.807) is 24.1 Å². The summed E-state index contributed by atoms with van der Waals surface area (Å²) in [5.41, 5.74) is 1.75. The first-order valence-electron chi connectivity index (χ1n) is 10.2. The molecule has 170 valence electrons. The van der Waals surface area contributed by atoms with Gasteiger partial charge in [0.15, 0.2) is 11.0 Å². The molecule has 0 bridgehead atoms. The Kier molecular flexibility index (Phi) is 7.92. The van der Waals surface area contributed by atoms with E-state index in [4.69, 9.17) is 11.6 Å². The van der Waals surface area contributed by atoms with Gasteiger partial charge in [0.1, 0.15) is 5.82 Å². The molecule has 1 amide bonds. The van der Waals surface area contributed by atoms with E-state index < -0.39 is 0 Å². The van der Waals surface area contributed by atoms with E-state index >= 15 is 0 Å². The van der Waals surface area contributed by atoms with Crippen LogP contribution in [-0.2, 0) is 4.79 Å². The van der Waals surface area contributed by atoms with Gasteiger partial charge in [-0.15, -0.1) is 10.2 Å². The van der Waals surface area contributed by atoms with Crippen molar-refractivity contribution in [2.45, 2.75) is 31.1 Å². The van der Waals surface area contributed by atoms with Crippen molar-refractivity contribution in [3.63, 3.8) is 0 Å². The van der Waals surface area contributed by atoms with Gasteiger partial charge in [-0.2, -0.15) is 0 Å². The number of hydrogen-bond donors (Lipinski definition) is 0. The molecule has 3 rings (SSSR count). The molecule has 0 fully saturated rings. The van der Waals surface area contributed by atoms with Gasteiger partial charge >= 0.3 is 0 Å². The minimum atomic E-state index is -0.297. The summed E-state index contributed by atoms with van der Waals surface area (Å²) in [4.78, 5) is 16.6. The van der Waals surface area contributed by atoms with Crippen LogP contribution < -0.4 is 0 Å². The van der Waals surface area contributed by atoms with E-state index in [0.29, 0.717) is 10.2 Å². The zero-order valence-electron chi connectivity index (χ0n) is 18.8. The summed E-state index contributed by atoms with van der Waals surface area (Å²) in [6, 6.07) is 13.5. The second-order valence-corrected chi connectivity index (χ2v) is 9.19. The number of carbonyl (C=O) groups is 1. The van der Waals surface area contributed by atoms with Crippen molar-refractivity contribution in [3.05, 3.63) is 70.8 Å². The molecule has 0 aliphatic heterocycles. The Balaban J connectivity index is 1.80. The molecule has 2 atom stereocenters. The summed E-state index contributed by atoms with van der Waals surface area (Å²) in [5.74, 6) is 0.624. The van der Waals surface area contributed by atoms with Gasteiger partial charge in [-0.3, -0.25) is 14.3 Å². The Morgan fingerprint density at radius 2 is 1.66 bits per heavy atom. The van der Waals surface area contributed by atoms with E-state index in [1.165, 1.54) is 23.9 Å². The first-order chi connectivity index (χ1) is 15.2. The lowest BCUT2D eigenvalue weighted by atomic mass is 10.1. The Bertz CT molecular complexity index is 1060. The molecule has 9 heteroatoms. The van der Waals surface area contributed by atoms with Crippen LogP contribution in [0.3, 0.4) is 0 Å². The molecule has 2 unspecified atom stereocenters. The van der Waals surface area contributed by atoms with Crippen molar-refractivity contribution < 1.29 is 9.18 Å². The number of amides is 1. The van der Waals surface area contributed by atoms with Crippen LogP contribution in [-0.4, -0.2) is 57.4 Å². The van der Waals surface area contributed by atoms with Crippen LogP contribution in [0.25, 0.3) is 5.69 Å². The number of benzene rings is 2. The second-order valence-electron chi connectivity index (χ2n) is 7.81. The van der Waals surface area contributed by atoms with Gasteiger partial charge in [-0.1, -0.05) is 35.5 Å². The normalized spacial score (nSPS) is 13.2. The highest BCUT2D eigenvalue weighted by Crippen LogP contribution is 2.28. The molecule has 0 saturated heterocycles. The monoisotopic (exact) mass is 475 g/mol. The predicted octanol–water partition coefficient (Wildman–Crippen LogP) is 4.99. The number of thioether (sulfide) groups is 1. The zero-order valence-corrected chi connectivity index (χ0v) is 20.4. The molecule has 3 aromatic rings. The predicted molar refractivity (Wildman–Crippen MR) is 127 cm³/mol. The molecule has 32 heavy (non-hydrogen) atoms. The van der Waals surface area contributed by atoms with Gasteiger partial charge in [0.05, 0.1) is 17.8 Å². The summed E-state index contributed by atoms with van der Waals surface area (Å²) < 4.78 is 15.2. The van der Waals surface area contributed by atoms with E-state index in [-0.39, 0.29) is 29.6 Å². The molecule has 1 aromatic heterocycles. The summed E-state index contributed by atoms with van der Waals surface area (Å²) in [5, 5.41) is 10.0. The van der Waals surface area contributed by atoms with Crippen LogP contribution in [0.5, 0.6) is 0 Å². The van der Waals surface area contributed by atoms with Gasteiger partial charge in [-0.25, -0.2) is 4.39 Å². The largest absolute Gasteiger partial charge is 0.338 e. The summed E-state index contributed by atoms with van der Waals surface area (Å²) in [7, 11) is 5.71. The Morgan fingerprint density at radius 3 is 2.25 bits per heavy atom. The Hall–Kier alpha value is -2.42. The number of halogens is 2. The average Bonchev–Trinajstić information content (AvgIpc) is 3.20. The molecular weight excluding hydrogens is 449 g/mol. The number of aromatic nitrogens is 3. The van der Waals surface area contributed by atoms with Gasteiger partial charge in [-0.05, 0) is 69.9 Å². The van der Waals surface area contributed by atoms with Crippen LogP contribution >= 0.6 is 23.4 Å². The lowest BCUT2D eigenvalue weighted by Crippen LogP contribution is -2.31. The Morgan fingerprint density at radius 1 is 1.03 bits per heavy atom. The van der Waals surface area contributed by atoms with E-state index in [9.17, 15) is 9.18 Å². The van der Waals surface area contributed by atoms with Crippen molar-refractivity contribution in [2.75, 3.05) is 26.9 Å². The highest BCUT2D eigenvalue weighted by molar-refractivity contribution is 7.99. The fourth-order valence-corrected chi connectivity index (χ4v) is 4.13. The molecule has 2 aromatic carbocycles. The van der Waals surface area contributed by atoms with Crippen molar-refractivity contribution in [2.24, 2.45) is 0 Å². The van der Waals surface area contributed by atoms with Gasteiger partial charge < -0.3 is 4.90 Å². The molecule has 0 aliphatic carbocycles. The number of carbonyl (C=O) groups excluding carboxylic acids is 1. The first-order valence-corrected chi connectivity index (χ1v) is 11.6. The quantitative estimate of drug-likeness (QED) is 0.429. The maximum atomic E-state index is 13.2. The van der Waals surface area contributed by atoms with Crippen LogP contribution in [0.1, 0.15) is 37.3 Å². The molecule has 6 nitrogen and oxygen atoms in total. The van der Waals surface area contributed by atoms with Crippen molar-refractivity contribution in [1.29, 1.82) is 0 Å². The third kappa shape index (κ3) is 5.49. The zero-order chi connectivity index (χ0) is 23.4.